The van der Waals surface area contributed by atoms with Crippen molar-refractivity contribution in [3.8, 4) is 5.69 Å². The summed E-state index contributed by atoms with van der Waals surface area (Å²) in [4.78, 5) is 21.5. The molecule has 0 saturated carbocycles. The third kappa shape index (κ3) is 4.43. The Morgan fingerprint density at radius 2 is 1.81 bits per heavy atom. The molecule has 2 aromatic heterocycles. The topological polar surface area (TPSA) is 72.7 Å². The van der Waals surface area contributed by atoms with Gasteiger partial charge in [0, 0.05) is 5.69 Å². The summed E-state index contributed by atoms with van der Waals surface area (Å²) in [5.74, 6) is 0.177. The van der Waals surface area contributed by atoms with Gasteiger partial charge in [-0.25, -0.2) is 14.6 Å². The van der Waals surface area contributed by atoms with Crippen LogP contribution >= 0.6 is 23.4 Å². The first-order chi connectivity index (χ1) is 15.1. The van der Waals surface area contributed by atoms with Crippen LogP contribution in [0, 0.1) is 0 Å². The van der Waals surface area contributed by atoms with E-state index in [0.717, 1.165) is 40.7 Å². The van der Waals surface area contributed by atoms with Crippen molar-refractivity contribution < 1.29 is 4.79 Å². The number of rotatable bonds is 7. The number of fused-ring (bicyclic) bond motifs is 1. The number of carbonyl (C=O) groups excluding carboxylic acids is 1. The zero-order valence-electron chi connectivity index (χ0n) is 17.3. The normalized spacial score (nSPS) is 11.1. The van der Waals surface area contributed by atoms with Crippen LogP contribution in [0.3, 0.4) is 0 Å². The fourth-order valence-electron chi connectivity index (χ4n) is 3.45. The minimum atomic E-state index is -0.0640. The number of aryl methyl sites for hydroxylation is 2. The number of halogens is 1. The maximum absolute atomic E-state index is 12.7. The summed E-state index contributed by atoms with van der Waals surface area (Å²) in [6.45, 7) is 4.18. The zero-order valence-corrected chi connectivity index (χ0v) is 18.9. The van der Waals surface area contributed by atoms with Gasteiger partial charge in [-0.2, -0.15) is 5.10 Å². The molecule has 4 aromatic rings. The molecule has 2 aromatic carbocycles. The quantitative estimate of drug-likeness (QED) is 0.304. The lowest BCUT2D eigenvalue weighted by molar-refractivity contribution is -0.113. The van der Waals surface area contributed by atoms with Crippen molar-refractivity contribution in [2.45, 2.75) is 31.7 Å². The van der Waals surface area contributed by atoms with E-state index in [1.807, 2.05) is 30.3 Å². The highest BCUT2D eigenvalue weighted by molar-refractivity contribution is 8.00. The first kappa shape index (κ1) is 21.3. The van der Waals surface area contributed by atoms with Crippen LogP contribution in [0.5, 0.6) is 0 Å². The van der Waals surface area contributed by atoms with Crippen LogP contribution in [0.2, 0.25) is 5.02 Å². The summed E-state index contributed by atoms with van der Waals surface area (Å²) in [5, 5.41) is 9.61. The second-order valence-electron chi connectivity index (χ2n) is 6.92. The Bertz CT molecular complexity index is 1220. The molecule has 1 N–H and O–H groups in total. The molecule has 0 saturated heterocycles. The summed E-state index contributed by atoms with van der Waals surface area (Å²) >= 11 is 7.69. The highest BCUT2D eigenvalue weighted by Gasteiger charge is 2.15. The molecule has 31 heavy (non-hydrogen) atoms. The Hall–Kier alpha value is -2.90. The molecule has 0 aliphatic carbocycles. The van der Waals surface area contributed by atoms with Crippen LogP contribution in [-0.4, -0.2) is 31.4 Å². The van der Waals surface area contributed by atoms with E-state index >= 15 is 0 Å². The van der Waals surface area contributed by atoms with Crippen molar-refractivity contribution in [2.75, 3.05) is 11.1 Å². The summed E-state index contributed by atoms with van der Waals surface area (Å²) < 4.78 is 1.69. The summed E-state index contributed by atoms with van der Waals surface area (Å²) in [6.07, 6.45) is 4.92. The number of carbonyl (C=O) groups is 1. The van der Waals surface area contributed by atoms with E-state index in [-0.39, 0.29) is 11.7 Å². The molecule has 0 aliphatic rings. The van der Waals surface area contributed by atoms with Crippen LogP contribution in [0.15, 0.2) is 60.0 Å². The Balaban J connectivity index is 1.54. The Labute approximate surface area is 190 Å². The first-order valence-electron chi connectivity index (χ1n) is 10.1. The molecule has 8 heteroatoms. The lowest BCUT2D eigenvalue weighted by Gasteiger charge is -2.14. The molecular formula is C23H22ClN5OS. The number of hydrogen-bond donors (Lipinski definition) is 1. The van der Waals surface area contributed by atoms with E-state index < -0.39 is 0 Å². The number of anilines is 1. The first-order valence-corrected chi connectivity index (χ1v) is 11.5. The number of nitrogens with zero attached hydrogens (tertiary/aromatic N) is 4. The van der Waals surface area contributed by atoms with Gasteiger partial charge in [0.1, 0.15) is 11.4 Å². The lowest BCUT2D eigenvalue weighted by Crippen LogP contribution is -2.16. The van der Waals surface area contributed by atoms with Gasteiger partial charge in [-0.3, -0.25) is 4.79 Å². The monoisotopic (exact) mass is 451 g/mol. The average Bonchev–Trinajstić information content (AvgIpc) is 3.22. The van der Waals surface area contributed by atoms with Crippen LogP contribution < -0.4 is 5.32 Å². The maximum atomic E-state index is 12.7. The number of thioether (sulfide) groups is 1. The van der Waals surface area contributed by atoms with Crippen molar-refractivity contribution in [1.29, 1.82) is 0 Å². The zero-order chi connectivity index (χ0) is 21.8. The Morgan fingerprint density at radius 3 is 2.52 bits per heavy atom. The number of amides is 1. The number of nitrogens with one attached hydrogen (secondary N) is 1. The predicted octanol–water partition coefficient (Wildman–Crippen LogP) is 5.32. The van der Waals surface area contributed by atoms with Crippen LogP contribution in [0.1, 0.15) is 25.0 Å². The van der Waals surface area contributed by atoms with Crippen LogP contribution in [0.25, 0.3) is 16.7 Å². The summed E-state index contributed by atoms with van der Waals surface area (Å²) in [5.41, 5.74) is 4.61. The fourth-order valence-corrected chi connectivity index (χ4v) is 4.43. The van der Waals surface area contributed by atoms with Crippen molar-refractivity contribution in [3.05, 3.63) is 71.1 Å². The van der Waals surface area contributed by atoms with E-state index in [1.54, 1.807) is 10.9 Å². The Kier molecular flexibility index (Phi) is 6.53. The molecule has 0 bridgehead atoms. The van der Waals surface area contributed by atoms with E-state index in [0.29, 0.717) is 15.7 Å². The third-order valence-electron chi connectivity index (χ3n) is 5.01. The smallest absolute Gasteiger partial charge is 0.234 e. The Morgan fingerprint density at radius 1 is 1.06 bits per heavy atom. The number of hydrogen-bond acceptors (Lipinski definition) is 5. The molecule has 0 aliphatic heterocycles. The van der Waals surface area contributed by atoms with E-state index in [2.05, 4.69) is 46.4 Å². The molecule has 1 amide bonds. The molecule has 0 spiro atoms. The van der Waals surface area contributed by atoms with Crippen molar-refractivity contribution >= 4 is 46.0 Å². The standard InChI is InChI=1S/C23H22ClN5OS/c1-3-15-8-7-9-16(4-2)21(15)28-20(30)13-31-23-17-12-27-29(22(17)25-14-26-23)19-11-6-5-10-18(19)24/h5-12,14H,3-4,13H2,1-2H3,(H,28,30). The molecule has 0 atom stereocenters. The fraction of sp³-hybridized carbons (Fsp3) is 0.217. The van der Waals surface area contributed by atoms with Gasteiger partial charge in [-0.05, 0) is 36.1 Å². The van der Waals surface area contributed by atoms with Crippen molar-refractivity contribution in [3.63, 3.8) is 0 Å². The van der Waals surface area contributed by atoms with Gasteiger partial charge >= 0.3 is 0 Å². The second kappa shape index (κ2) is 9.49. The number of benzene rings is 2. The summed E-state index contributed by atoms with van der Waals surface area (Å²) in [6, 6.07) is 13.6. The van der Waals surface area contributed by atoms with Crippen molar-refractivity contribution in [2.24, 2.45) is 0 Å². The van der Waals surface area contributed by atoms with E-state index in [4.69, 9.17) is 11.6 Å². The van der Waals surface area contributed by atoms with Gasteiger partial charge in [0.2, 0.25) is 5.91 Å². The van der Waals surface area contributed by atoms with E-state index in [9.17, 15) is 4.79 Å². The minimum absolute atomic E-state index is 0.0640. The predicted molar refractivity (Wildman–Crippen MR) is 126 cm³/mol. The highest BCUT2D eigenvalue weighted by Crippen LogP contribution is 2.28. The highest BCUT2D eigenvalue weighted by atomic mass is 35.5. The molecular weight excluding hydrogens is 430 g/mol. The molecule has 0 fully saturated rings. The number of aromatic nitrogens is 4. The molecule has 0 unspecified atom stereocenters. The SMILES string of the molecule is CCc1cccc(CC)c1NC(=O)CSc1ncnc2c1cnn2-c1ccccc1Cl. The van der Waals surface area contributed by atoms with Crippen molar-refractivity contribution in [1.82, 2.24) is 19.7 Å². The van der Waals surface area contributed by atoms with Gasteiger partial charge in [-0.1, -0.05) is 67.5 Å². The lowest BCUT2D eigenvalue weighted by atomic mass is 10.0. The average molecular weight is 452 g/mol. The van der Waals surface area contributed by atoms with E-state index in [1.165, 1.54) is 18.1 Å². The molecule has 0 radical (unpaired) electrons. The van der Waals surface area contributed by atoms with Gasteiger partial charge in [-0.15, -0.1) is 0 Å². The van der Waals surface area contributed by atoms with Gasteiger partial charge < -0.3 is 5.32 Å². The molecule has 4 rings (SSSR count). The minimum Gasteiger partial charge on any atom is -0.325 e. The van der Waals surface area contributed by atoms with Gasteiger partial charge in [0.25, 0.3) is 0 Å². The molecule has 158 valence electrons. The van der Waals surface area contributed by atoms with Gasteiger partial charge in [0.05, 0.1) is 28.0 Å². The molecule has 2 heterocycles. The number of para-hydroxylation sites is 2. The third-order valence-corrected chi connectivity index (χ3v) is 6.34. The largest absolute Gasteiger partial charge is 0.325 e. The molecule has 6 nitrogen and oxygen atoms in total. The second-order valence-corrected chi connectivity index (χ2v) is 8.29. The van der Waals surface area contributed by atoms with Crippen LogP contribution in [0.4, 0.5) is 5.69 Å². The van der Waals surface area contributed by atoms with Gasteiger partial charge in [0.15, 0.2) is 5.65 Å². The van der Waals surface area contributed by atoms with Crippen LogP contribution in [-0.2, 0) is 17.6 Å². The maximum Gasteiger partial charge on any atom is 0.234 e. The summed E-state index contributed by atoms with van der Waals surface area (Å²) in [7, 11) is 0.